The third-order valence-corrected chi connectivity index (χ3v) is 2.04. The van der Waals surface area contributed by atoms with Crippen molar-refractivity contribution in [2.45, 2.75) is 25.9 Å². The summed E-state index contributed by atoms with van der Waals surface area (Å²) in [6.45, 7) is 2.50. The highest BCUT2D eigenvalue weighted by atomic mass is 16.3. The van der Waals surface area contributed by atoms with E-state index in [0.29, 0.717) is 13.1 Å². The fourth-order valence-electron chi connectivity index (χ4n) is 1.42. The lowest BCUT2D eigenvalue weighted by Crippen LogP contribution is -2.41. The van der Waals surface area contributed by atoms with Gasteiger partial charge in [-0.05, 0) is 19.8 Å². The van der Waals surface area contributed by atoms with Crippen molar-refractivity contribution in [3.63, 3.8) is 0 Å². The van der Waals surface area contributed by atoms with Crippen molar-refractivity contribution < 1.29 is 15.0 Å². The van der Waals surface area contributed by atoms with Crippen molar-refractivity contribution in [2.24, 2.45) is 0 Å². The van der Waals surface area contributed by atoms with Crippen LogP contribution in [0.2, 0.25) is 0 Å². The van der Waals surface area contributed by atoms with E-state index in [2.05, 4.69) is 0 Å². The van der Waals surface area contributed by atoms with Crippen LogP contribution < -0.4 is 0 Å². The van der Waals surface area contributed by atoms with Crippen LogP contribution in [0.5, 0.6) is 0 Å². The summed E-state index contributed by atoms with van der Waals surface area (Å²) in [5.74, 6) is -0.219. The molecular formula is C9H15NO3. The summed E-state index contributed by atoms with van der Waals surface area (Å²) >= 11 is 0. The number of hydrogen-bond acceptors (Lipinski definition) is 3. The fraction of sp³-hybridized carbons (Fsp3) is 0.667. The molecule has 13 heavy (non-hydrogen) atoms. The highest BCUT2D eigenvalue weighted by Gasteiger charge is 2.20. The predicted octanol–water partition coefficient (Wildman–Crippen LogP) is 0.432. The number of β-amino-alcohol motifs (C(OH)–C–C–N with tert-alkyl or cyclic N) is 1. The molecular weight excluding hydrogens is 170 g/mol. The van der Waals surface area contributed by atoms with Crippen LogP contribution in [0.1, 0.15) is 19.8 Å². The SMILES string of the molecule is CC(O)=CC(=O)N1CCCC(O)C1. The van der Waals surface area contributed by atoms with Crippen LogP contribution in [0.15, 0.2) is 11.8 Å². The molecule has 1 heterocycles. The second-order valence-corrected chi connectivity index (χ2v) is 3.37. The van der Waals surface area contributed by atoms with E-state index in [1.165, 1.54) is 13.0 Å². The van der Waals surface area contributed by atoms with Crippen LogP contribution in [0.25, 0.3) is 0 Å². The molecule has 0 aromatic heterocycles. The molecule has 1 unspecified atom stereocenters. The van der Waals surface area contributed by atoms with Gasteiger partial charge < -0.3 is 15.1 Å². The number of piperidine rings is 1. The lowest BCUT2D eigenvalue weighted by Gasteiger charge is -2.29. The maximum atomic E-state index is 11.3. The molecule has 1 fully saturated rings. The summed E-state index contributed by atoms with van der Waals surface area (Å²) in [5, 5.41) is 18.2. The number of carbonyl (C=O) groups excluding carboxylic acids is 1. The lowest BCUT2D eigenvalue weighted by molar-refractivity contribution is -0.129. The summed E-state index contributed by atoms with van der Waals surface area (Å²) in [5.41, 5.74) is 0. The van der Waals surface area contributed by atoms with Gasteiger partial charge in [0.1, 0.15) is 0 Å². The zero-order valence-corrected chi connectivity index (χ0v) is 7.73. The normalized spacial score (nSPS) is 24.6. The monoisotopic (exact) mass is 185 g/mol. The number of aliphatic hydroxyl groups is 2. The molecule has 0 bridgehead atoms. The van der Waals surface area contributed by atoms with Crippen molar-refractivity contribution in [1.29, 1.82) is 0 Å². The van der Waals surface area contributed by atoms with E-state index in [4.69, 9.17) is 5.11 Å². The van der Waals surface area contributed by atoms with Crippen LogP contribution in [0.4, 0.5) is 0 Å². The van der Waals surface area contributed by atoms with Crippen molar-refractivity contribution in [3.8, 4) is 0 Å². The number of likely N-dealkylation sites (tertiary alicyclic amines) is 1. The molecule has 74 valence electrons. The first kappa shape index (κ1) is 10.1. The standard InChI is InChI=1S/C9H15NO3/c1-7(11)5-9(13)10-4-2-3-8(12)6-10/h5,8,11-12H,2-4,6H2,1H3. The second-order valence-electron chi connectivity index (χ2n) is 3.37. The van der Waals surface area contributed by atoms with E-state index in [1.807, 2.05) is 0 Å². The summed E-state index contributed by atoms with van der Waals surface area (Å²) in [7, 11) is 0. The highest BCUT2D eigenvalue weighted by Crippen LogP contribution is 2.10. The van der Waals surface area contributed by atoms with Gasteiger partial charge in [0.15, 0.2) is 0 Å². The summed E-state index contributed by atoms with van der Waals surface area (Å²) < 4.78 is 0. The minimum absolute atomic E-state index is 0.00469. The second kappa shape index (κ2) is 4.28. The van der Waals surface area contributed by atoms with Gasteiger partial charge in [-0.25, -0.2) is 0 Å². The number of nitrogens with zero attached hydrogens (tertiary/aromatic N) is 1. The topological polar surface area (TPSA) is 60.8 Å². The third kappa shape index (κ3) is 3.06. The predicted molar refractivity (Wildman–Crippen MR) is 48.2 cm³/mol. The molecule has 0 spiro atoms. The minimum atomic E-state index is -0.412. The number of aliphatic hydroxyl groups excluding tert-OH is 2. The van der Waals surface area contributed by atoms with Gasteiger partial charge in [0, 0.05) is 19.2 Å². The number of rotatable bonds is 1. The highest BCUT2D eigenvalue weighted by molar-refractivity contribution is 5.88. The Morgan fingerprint density at radius 2 is 2.31 bits per heavy atom. The number of carbonyl (C=O) groups is 1. The number of hydrogen-bond donors (Lipinski definition) is 2. The summed E-state index contributed by atoms with van der Waals surface area (Å²) in [4.78, 5) is 12.9. The van der Waals surface area contributed by atoms with Gasteiger partial charge in [-0.1, -0.05) is 0 Å². The molecule has 1 amide bonds. The van der Waals surface area contributed by atoms with E-state index in [0.717, 1.165) is 12.8 Å². The van der Waals surface area contributed by atoms with E-state index < -0.39 is 6.10 Å². The quantitative estimate of drug-likeness (QED) is 0.460. The minimum Gasteiger partial charge on any atom is -0.512 e. The molecule has 1 atom stereocenters. The summed E-state index contributed by atoms with van der Waals surface area (Å²) in [6.07, 6.45) is 2.35. The van der Waals surface area contributed by atoms with Gasteiger partial charge in [-0.2, -0.15) is 0 Å². The molecule has 0 aromatic rings. The Morgan fingerprint density at radius 3 is 2.85 bits per heavy atom. The largest absolute Gasteiger partial charge is 0.512 e. The third-order valence-electron chi connectivity index (χ3n) is 2.04. The Morgan fingerprint density at radius 1 is 1.62 bits per heavy atom. The van der Waals surface area contributed by atoms with Crippen LogP contribution in [-0.2, 0) is 4.79 Å². The van der Waals surface area contributed by atoms with Gasteiger partial charge >= 0.3 is 0 Å². The Balaban J connectivity index is 2.51. The Kier molecular flexibility index (Phi) is 3.31. The average molecular weight is 185 g/mol. The maximum absolute atomic E-state index is 11.3. The molecule has 0 saturated carbocycles. The Hall–Kier alpha value is -1.03. The van der Waals surface area contributed by atoms with E-state index in [1.54, 1.807) is 4.90 Å². The molecule has 2 N–H and O–H groups in total. The first-order valence-corrected chi connectivity index (χ1v) is 4.44. The van der Waals surface area contributed by atoms with Crippen molar-refractivity contribution in [2.75, 3.05) is 13.1 Å². The molecule has 1 aliphatic heterocycles. The Labute approximate surface area is 77.5 Å². The molecule has 1 aliphatic rings. The van der Waals surface area contributed by atoms with E-state index in [9.17, 15) is 9.90 Å². The average Bonchev–Trinajstić information content (AvgIpc) is 2.03. The maximum Gasteiger partial charge on any atom is 0.249 e. The van der Waals surface area contributed by atoms with Gasteiger partial charge in [-0.15, -0.1) is 0 Å². The van der Waals surface area contributed by atoms with Gasteiger partial charge in [0.2, 0.25) is 5.91 Å². The van der Waals surface area contributed by atoms with E-state index >= 15 is 0 Å². The first-order chi connectivity index (χ1) is 6.09. The zero-order chi connectivity index (χ0) is 9.84. The van der Waals surface area contributed by atoms with Gasteiger partial charge in [0.05, 0.1) is 11.9 Å². The Bertz CT molecular complexity index is 221. The molecule has 4 heteroatoms. The molecule has 0 aromatic carbocycles. The van der Waals surface area contributed by atoms with Crippen LogP contribution >= 0.6 is 0 Å². The first-order valence-electron chi connectivity index (χ1n) is 4.44. The van der Waals surface area contributed by atoms with Crippen LogP contribution in [0, 0.1) is 0 Å². The number of amides is 1. The van der Waals surface area contributed by atoms with Crippen molar-refractivity contribution in [3.05, 3.63) is 11.8 Å². The molecule has 1 rings (SSSR count). The molecule has 0 radical (unpaired) electrons. The summed E-state index contributed by atoms with van der Waals surface area (Å²) in [6, 6.07) is 0. The van der Waals surface area contributed by atoms with E-state index in [-0.39, 0.29) is 11.7 Å². The zero-order valence-electron chi connectivity index (χ0n) is 7.73. The van der Waals surface area contributed by atoms with Gasteiger partial charge in [-0.3, -0.25) is 4.79 Å². The van der Waals surface area contributed by atoms with Crippen molar-refractivity contribution in [1.82, 2.24) is 4.90 Å². The molecule has 4 nitrogen and oxygen atoms in total. The van der Waals surface area contributed by atoms with Gasteiger partial charge in [0.25, 0.3) is 0 Å². The number of allylic oxidation sites excluding steroid dienone is 1. The van der Waals surface area contributed by atoms with Crippen LogP contribution in [0.3, 0.4) is 0 Å². The lowest BCUT2D eigenvalue weighted by atomic mass is 10.1. The fourth-order valence-corrected chi connectivity index (χ4v) is 1.42. The van der Waals surface area contributed by atoms with Crippen molar-refractivity contribution >= 4 is 5.91 Å². The van der Waals surface area contributed by atoms with Crippen LogP contribution in [-0.4, -0.2) is 40.2 Å². The molecule has 0 aliphatic carbocycles. The smallest absolute Gasteiger partial charge is 0.249 e. The molecule has 1 saturated heterocycles.